The molecule has 0 radical (unpaired) electrons. The molecule has 0 atom stereocenters. The summed E-state index contributed by atoms with van der Waals surface area (Å²) in [5.41, 5.74) is 4.24. The molecule has 0 spiro atoms. The van der Waals surface area contributed by atoms with E-state index in [1.165, 1.54) is 4.90 Å². The smallest absolute Gasteiger partial charge is 0.109 e. The second kappa shape index (κ2) is 5.23. The topological polar surface area (TPSA) is 48.5 Å². The summed E-state index contributed by atoms with van der Waals surface area (Å²) >= 11 is 3.57. The van der Waals surface area contributed by atoms with Crippen LogP contribution in [-0.2, 0) is 11.6 Å². The molecule has 0 amide bonds. The molecule has 0 unspecified atom stereocenters. The van der Waals surface area contributed by atoms with Crippen molar-refractivity contribution in [2.45, 2.75) is 16.5 Å². The summed E-state index contributed by atoms with van der Waals surface area (Å²) in [5, 5.41) is 9.37. The standard InChI is InChI=1S/C14H13N5S2/c1-20-9-18-7-13-14(17-18)11-6-19(16-12(11)8-21-13)10-3-2-4-15-5-10/h2-7H,8-9H2,1H3. The van der Waals surface area contributed by atoms with Crippen molar-refractivity contribution in [2.75, 3.05) is 6.26 Å². The Morgan fingerprint density at radius 3 is 3.10 bits per heavy atom. The van der Waals surface area contributed by atoms with Crippen molar-refractivity contribution >= 4 is 23.5 Å². The number of hydrogen-bond acceptors (Lipinski definition) is 5. The highest BCUT2D eigenvalue weighted by Crippen LogP contribution is 2.40. The predicted octanol–water partition coefficient (Wildman–Crippen LogP) is 3.06. The highest BCUT2D eigenvalue weighted by molar-refractivity contribution is 7.98. The molecule has 1 aliphatic heterocycles. The van der Waals surface area contributed by atoms with Crippen molar-refractivity contribution < 1.29 is 0 Å². The van der Waals surface area contributed by atoms with Gasteiger partial charge in [-0.1, -0.05) is 0 Å². The first-order chi connectivity index (χ1) is 10.3. The summed E-state index contributed by atoms with van der Waals surface area (Å²) in [6, 6.07) is 3.93. The van der Waals surface area contributed by atoms with Gasteiger partial charge in [0.1, 0.15) is 5.69 Å². The Labute approximate surface area is 130 Å². The maximum absolute atomic E-state index is 4.69. The van der Waals surface area contributed by atoms with Crippen molar-refractivity contribution in [1.82, 2.24) is 24.5 Å². The van der Waals surface area contributed by atoms with E-state index < -0.39 is 0 Å². The molecule has 0 N–H and O–H groups in total. The zero-order chi connectivity index (χ0) is 14.2. The van der Waals surface area contributed by atoms with Crippen LogP contribution < -0.4 is 0 Å². The highest BCUT2D eigenvalue weighted by Gasteiger charge is 2.23. The summed E-state index contributed by atoms with van der Waals surface area (Å²) in [7, 11) is 0. The van der Waals surface area contributed by atoms with Crippen LogP contribution in [-0.4, -0.2) is 30.8 Å². The van der Waals surface area contributed by atoms with Crippen molar-refractivity contribution in [3.63, 3.8) is 0 Å². The summed E-state index contributed by atoms with van der Waals surface area (Å²) in [4.78, 5) is 5.39. The number of thioether (sulfide) groups is 2. The van der Waals surface area contributed by atoms with E-state index in [4.69, 9.17) is 5.10 Å². The zero-order valence-electron chi connectivity index (χ0n) is 11.4. The van der Waals surface area contributed by atoms with Crippen LogP contribution in [0.25, 0.3) is 16.9 Å². The third-order valence-corrected chi connectivity index (χ3v) is 4.86. The molecule has 7 heteroatoms. The lowest BCUT2D eigenvalue weighted by molar-refractivity contribution is 0.753. The van der Waals surface area contributed by atoms with Crippen molar-refractivity contribution in [3.05, 3.63) is 42.6 Å². The van der Waals surface area contributed by atoms with Gasteiger partial charge in [-0.2, -0.15) is 10.2 Å². The van der Waals surface area contributed by atoms with Crippen LogP contribution >= 0.6 is 23.5 Å². The summed E-state index contributed by atoms with van der Waals surface area (Å²) in [6.45, 7) is 0. The van der Waals surface area contributed by atoms with Gasteiger partial charge in [0.05, 0.1) is 28.4 Å². The van der Waals surface area contributed by atoms with Crippen LogP contribution in [0, 0.1) is 0 Å². The lowest BCUT2D eigenvalue weighted by Crippen LogP contribution is -1.96. The van der Waals surface area contributed by atoms with Gasteiger partial charge < -0.3 is 0 Å². The monoisotopic (exact) mass is 315 g/mol. The molecule has 0 saturated heterocycles. The molecule has 5 nitrogen and oxygen atoms in total. The Morgan fingerprint density at radius 1 is 1.33 bits per heavy atom. The van der Waals surface area contributed by atoms with Crippen LogP contribution in [0.3, 0.4) is 0 Å². The molecule has 0 aromatic carbocycles. The van der Waals surface area contributed by atoms with Gasteiger partial charge in [0.25, 0.3) is 0 Å². The van der Waals surface area contributed by atoms with E-state index in [0.717, 1.165) is 34.3 Å². The van der Waals surface area contributed by atoms with Crippen LogP contribution in [0.2, 0.25) is 0 Å². The van der Waals surface area contributed by atoms with Gasteiger partial charge >= 0.3 is 0 Å². The van der Waals surface area contributed by atoms with E-state index in [1.54, 1.807) is 29.7 Å². The fourth-order valence-corrected chi connectivity index (χ4v) is 3.76. The minimum absolute atomic E-state index is 0.875. The molecule has 4 rings (SSSR count). The summed E-state index contributed by atoms with van der Waals surface area (Å²) in [6.07, 6.45) is 9.85. The molecule has 0 bridgehead atoms. The zero-order valence-corrected chi connectivity index (χ0v) is 13.1. The van der Waals surface area contributed by atoms with Crippen LogP contribution in [0.4, 0.5) is 0 Å². The third kappa shape index (κ3) is 2.26. The lowest BCUT2D eigenvalue weighted by Gasteiger charge is -2.06. The van der Waals surface area contributed by atoms with Gasteiger partial charge in [0, 0.05) is 29.9 Å². The Bertz CT molecular complexity index is 778. The molecular weight excluding hydrogens is 302 g/mol. The highest BCUT2D eigenvalue weighted by atomic mass is 32.2. The first-order valence-electron chi connectivity index (χ1n) is 6.53. The van der Waals surface area contributed by atoms with Crippen molar-refractivity contribution in [2.24, 2.45) is 0 Å². The van der Waals surface area contributed by atoms with E-state index >= 15 is 0 Å². The summed E-state index contributed by atoms with van der Waals surface area (Å²) in [5.74, 6) is 1.76. The molecule has 3 aromatic rings. The average Bonchev–Trinajstić information content (AvgIpc) is 3.11. The average molecular weight is 315 g/mol. The first-order valence-corrected chi connectivity index (χ1v) is 8.91. The minimum atomic E-state index is 0.875. The Kier molecular flexibility index (Phi) is 3.23. The van der Waals surface area contributed by atoms with Crippen LogP contribution in [0.15, 0.2) is 41.8 Å². The Hall–Kier alpha value is -1.73. The molecule has 1 aliphatic rings. The third-order valence-electron chi connectivity index (χ3n) is 3.31. The fraction of sp³-hybridized carbons (Fsp3) is 0.214. The van der Waals surface area contributed by atoms with Gasteiger partial charge in [-0.05, 0) is 18.4 Å². The minimum Gasteiger partial charge on any atom is -0.262 e. The second-order valence-corrected chi connectivity index (χ2v) is 6.59. The molecule has 106 valence electrons. The van der Waals surface area contributed by atoms with E-state index in [2.05, 4.69) is 28.7 Å². The number of pyridine rings is 1. The molecule has 0 saturated carbocycles. The Morgan fingerprint density at radius 2 is 2.29 bits per heavy atom. The van der Waals surface area contributed by atoms with E-state index in [9.17, 15) is 0 Å². The number of nitrogens with zero attached hydrogens (tertiary/aromatic N) is 5. The van der Waals surface area contributed by atoms with Crippen LogP contribution in [0.1, 0.15) is 5.69 Å². The Balaban J connectivity index is 1.78. The van der Waals surface area contributed by atoms with E-state index in [1.807, 2.05) is 27.7 Å². The van der Waals surface area contributed by atoms with Crippen molar-refractivity contribution in [3.8, 4) is 16.9 Å². The number of aromatic nitrogens is 5. The largest absolute Gasteiger partial charge is 0.262 e. The van der Waals surface area contributed by atoms with Gasteiger partial charge in [-0.3, -0.25) is 9.67 Å². The fourth-order valence-electron chi connectivity index (χ4n) is 2.38. The van der Waals surface area contributed by atoms with Gasteiger partial charge in [0.15, 0.2) is 0 Å². The first kappa shape index (κ1) is 13.0. The maximum Gasteiger partial charge on any atom is 0.109 e. The van der Waals surface area contributed by atoms with E-state index in [-0.39, 0.29) is 0 Å². The quantitative estimate of drug-likeness (QED) is 0.743. The van der Waals surface area contributed by atoms with Gasteiger partial charge in [0.2, 0.25) is 0 Å². The predicted molar refractivity (Wildman–Crippen MR) is 85.7 cm³/mol. The second-order valence-electron chi connectivity index (χ2n) is 4.73. The maximum atomic E-state index is 4.69. The molecule has 3 aromatic heterocycles. The normalized spacial score (nSPS) is 13.0. The summed E-state index contributed by atoms with van der Waals surface area (Å²) < 4.78 is 3.89. The number of hydrogen-bond donors (Lipinski definition) is 0. The van der Waals surface area contributed by atoms with E-state index in [0.29, 0.717) is 0 Å². The van der Waals surface area contributed by atoms with Gasteiger partial charge in [-0.25, -0.2) is 4.68 Å². The van der Waals surface area contributed by atoms with Crippen LogP contribution in [0.5, 0.6) is 0 Å². The lowest BCUT2D eigenvalue weighted by atomic mass is 10.2. The molecule has 0 aliphatic carbocycles. The number of rotatable bonds is 3. The molecule has 0 fully saturated rings. The SMILES string of the molecule is CSCn1cc2c(n1)-c1cn(-c3cccnc3)nc1CS2. The van der Waals surface area contributed by atoms with Crippen molar-refractivity contribution in [1.29, 1.82) is 0 Å². The molecular formula is C14H13N5S2. The molecule has 4 heterocycles. The van der Waals surface area contributed by atoms with Gasteiger partial charge in [-0.15, -0.1) is 23.5 Å². The number of fused-ring (bicyclic) bond motifs is 3. The molecule has 21 heavy (non-hydrogen) atoms.